The van der Waals surface area contributed by atoms with Crippen LogP contribution in [0, 0.1) is 5.92 Å². The summed E-state index contributed by atoms with van der Waals surface area (Å²) < 4.78 is 4.08. The fraction of sp³-hybridized carbons (Fsp3) is 0.474. The minimum absolute atomic E-state index is 0.0119. The van der Waals surface area contributed by atoms with E-state index in [0.717, 1.165) is 41.4 Å². The first-order valence-corrected chi connectivity index (χ1v) is 10.5. The molecule has 1 saturated heterocycles. The first-order chi connectivity index (χ1) is 13.1. The number of fused-ring (bicyclic) bond motifs is 1. The fourth-order valence-corrected chi connectivity index (χ4v) is 4.39. The van der Waals surface area contributed by atoms with Crippen LogP contribution in [0.15, 0.2) is 35.7 Å². The Morgan fingerprint density at radius 1 is 1.33 bits per heavy atom. The molecule has 0 aliphatic carbocycles. The Labute approximate surface area is 162 Å². The molecule has 1 aromatic carbocycles. The van der Waals surface area contributed by atoms with Gasteiger partial charge in [-0.1, -0.05) is 30.8 Å². The van der Waals surface area contributed by atoms with Crippen molar-refractivity contribution in [2.24, 2.45) is 13.0 Å². The molecule has 3 aromatic rings. The number of thioether (sulfide) groups is 1. The second-order valence-corrected chi connectivity index (χ2v) is 7.85. The van der Waals surface area contributed by atoms with Gasteiger partial charge in [-0.2, -0.15) is 0 Å². The Balaban J connectivity index is 1.53. The van der Waals surface area contributed by atoms with E-state index in [-0.39, 0.29) is 17.9 Å². The lowest BCUT2D eigenvalue weighted by molar-refractivity contribution is -0.136. The van der Waals surface area contributed by atoms with Crippen LogP contribution in [0.3, 0.4) is 0 Å². The number of benzene rings is 1. The predicted octanol–water partition coefficient (Wildman–Crippen LogP) is 2.89. The molecule has 0 saturated carbocycles. The molecule has 2 atom stereocenters. The summed E-state index contributed by atoms with van der Waals surface area (Å²) in [6.45, 7) is 3.40. The van der Waals surface area contributed by atoms with E-state index in [0.29, 0.717) is 6.54 Å². The average Bonchev–Trinajstić information content (AvgIpc) is 3.39. The highest BCUT2D eigenvalue weighted by molar-refractivity contribution is 7.98. The van der Waals surface area contributed by atoms with Crippen molar-refractivity contribution in [1.29, 1.82) is 0 Å². The minimum atomic E-state index is -0.128. The average molecular weight is 385 g/mol. The Kier molecular flexibility index (Phi) is 4.90. The van der Waals surface area contributed by atoms with E-state index in [1.54, 1.807) is 11.8 Å². The fourth-order valence-electron chi connectivity index (χ4n) is 3.91. The second-order valence-electron chi connectivity index (χ2n) is 7.08. The van der Waals surface area contributed by atoms with Gasteiger partial charge in [-0.15, -0.1) is 10.2 Å². The smallest absolute Gasteiger partial charge is 0.227 e. The van der Waals surface area contributed by atoms with E-state index in [2.05, 4.69) is 19.7 Å². The zero-order valence-corrected chi connectivity index (χ0v) is 16.7. The van der Waals surface area contributed by atoms with E-state index in [9.17, 15) is 4.79 Å². The third kappa shape index (κ3) is 3.22. The van der Waals surface area contributed by atoms with Gasteiger partial charge in [0.25, 0.3) is 0 Å². The number of carbonyl (C=O) groups is 1. The van der Waals surface area contributed by atoms with Crippen LogP contribution in [0.1, 0.15) is 31.6 Å². The number of imidazole rings is 1. The van der Waals surface area contributed by atoms with Crippen molar-refractivity contribution in [3.8, 4) is 0 Å². The van der Waals surface area contributed by atoms with Crippen molar-refractivity contribution in [1.82, 2.24) is 29.2 Å². The summed E-state index contributed by atoms with van der Waals surface area (Å²) in [5.41, 5.74) is 2.02. The van der Waals surface area contributed by atoms with Gasteiger partial charge in [0, 0.05) is 20.1 Å². The molecule has 1 aliphatic rings. The maximum absolute atomic E-state index is 13.2. The summed E-state index contributed by atoms with van der Waals surface area (Å²) in [6, 6.07) is 8.03. The molecule has 1 fully saturated rings. The Hall–Kier alpha value is -2.35. The SMILES string of the molecule is CSc1nnc([C@@H]2CCCN2C(=O)[C@H](C)Cn2cnc3ccccc32)n1C. The highest BCUT2D eigenvalue weighted by atomic mass is 32.2. The highest BCUT2D eigenvalue weighted by Gasteiger charge is 2.35. The van der Waals surface area contributed by atoms with Gasteiger partial charge < -0.3 is 14.0 Å². The van der Waals surface area contributed by atoms with Crippen molar-refractivity contribution in [2.45, 2.75) is 37.5 Å². The molecule has 0 radical (unpaired) electrons. The lowest BCUT2D eigenvalue weighted by Crippen LogP contribution is -2.37. The van der Waals surface area contributed by atoms with E-state index in [1.807, 2.05) is 60.3 Å². The number of aromatic nitrogens is 5. The van der Waals surface area contributed by atoms with E-state index < -0.39 is 0 Å². The second kappa shape index (κ2) is 7.34. The lowest BCUT2D eigenvalue weighted by atomic mass is 10.1. The predicted molar refractivity (Wildman–Crippen MR) is 105 cm³/mol. The molecule has 1 aliphatic heterocycles. The van der Waals surface area contributed by atoms with Crippen LogP contribution in [0.5, 0.6) is 0 Å². The number of rotatable bonds is 5. The topological polar surface area (TPSA) is 68.8 Å². The van der Waals surface area contributed by atoms with Gasteiger partial charge >= 0.3 is 0 Å². The Morgan fingerprint density at radius 3 is 2.93 bits per heavy atom. The van der Waals surface area contributed by atoms with Crippen LogP contribution in [-0.2, 0) is 18.4 Å². The summed E-state index contributed by atoms with van der Waals surface area (Å²) in [7, 11) is 1.98. The standard InChI is InChI=1S/C19H24N6OS/c1-13(11-24-12-20-14-7-4-5-8-15(14)24)18(26)25-10-6-9-16(25)17-21-22-19(27-3)23(17)2/h4-5,7-8,12-13,16H,6,9-11H2,1-3H3/t13-,16+/m1/s1. The molecule has 142 valence electrons. The number of likely N-dealkylation sites (tertiary alicyclic amines) is 1. The summed E-state index contributed by atoms with van der Waals surface area (Å²) in [5, 5.41) is 9.48. The maximum Gasteiger partial charge on any atom is 0.227 e. The molecule has 0 spiro atoms. The van der Waals surface area contributed by atoms with Crippen LogP contribution < -0.4 is 0 Å². The first-order valence-electron chi connectivity index (χ1n) is 9.23. The number of nitrogens with zero attached hydrogens (tertiary/aromatic N) is 6. The zero-order valence-electron chi connectivity index (χ0n) is 15.9. The van der Waals surface area contributed by atoms with Gasteiger partial charge in [-0.05, 0) is 31.2 Å². The Bertz CT molecular complexity index is 964. The van der Waals surface area contributed by atoms with Crippen molar-refractivity contribution >= 4 is 28.7 Å². The highest BCUT2D eigenvalue weighted by Crippen LogP contribution is 2.33. The number of amides is 1. The molecule has 1 amide bonds. The molecule has 7 nitrogen and oxygen atoms in total. The normalized spacial score (nSPS) is 18.3. The molecule has 0 unspecified atom stereocenters. The molecule has 4 rings (SSSR count). The summed E-state index contributed by atoms with van der Waals surface area (Å²) in [4.78, 5) is 19.6. The van der Waals surface area contributed by atoms with Crippen molar-refractivity contribution in [2.75, 3.05) is 12.8 Å². The van der Waals surface area contributed by atoms with Crippen LogP contribution in [0.25, 0.3) is 11.0 Å². The molecule has 0 N–H and O–H groups in total. The third-order valence-corrected chi connectivity index (χ3v) is 6.03. The van der Waals surface area contributed by atoms with Gasteiger partial charge in [0.05, 0.1) is 29.3 Å². The molecule has 2 aromatic heterocycles. The molecule has 3 heterocycles. The minimum Gasteiger partial charge on any atom is -0.332 e. The molecular formula is C19H24N6OS. The quantitative estimate of drug-likeness (QED) is 0.633. The number of para-hydroxylation sites is 2. The van der Waals surface area contributed by atoms with Gasteiger partial charge in [0.15, 0.2) is 11.0 Å². The van der Waals surface area contributed by atoms with Crippen LogP contribution in [0.2, 0.25) is 0 Å². The molecule has 27 heavy (non-hydrogen) atoms. The van der Waals surface area contributed by atoms with E-state index in [1.165, 1.54) is 0 Å². The Morgan fingerprint density at radius 2 is 2.15 bits per heavy atom. The monoisotopic (exact) mass is 384 g/mol. The number of carbonyl (C=O) groups excluding carboxylic acids is 1. The summed E-state index contributed by atoms with van der Waals surface area (Å²) in [6.07, 6.45) is 5.75. The number of hydrogen-bond acceptors (Lipinski definition) is 5. The van der Waals surface area contributed by atoms with E-state index in [4.69, 9.17) is 0 Å². The van der Waals surface area contributed by atoms with Crippen molar-refractivity contribution in [3.63, 3.8) is 0 Å². The third-order valence-electron chi connectivity index (χ3n) is 5.30. The van der Waals surface area contributed by atoms with Crippen molar-refractivity contribution < 1.29 is 4.79 Å². The number of hydrogen-bond donors (Lipinski definition) is 0. The van der Waals surface area contributed by atoms with Gasteiger partial charge in [-0.3, -0.25) is 4.79 Å². The van der Waals surface area contributed by atoms with E-state index >= 15 is 0 Å². The zero-order chi connectivity index (χ0) is 19.0. The van der Waals surface area contributed by atoms with Crippen LogP contribution >= 0.6 is 11.8 Å². The molecule has 8 heteroatoms. The van der Waals surface area contributed by atoms with Crippen LogP contribution in [0.4, 0.5) is 0 Å². The van der Waals surface area contributed by atoms with Gasteiger partial charge in [0.2, 0.25) is 5.91 Å². The van der Waals surface area contributed by atoms with Gasteiger partial charge in [0.1, 0.15) is 0 Å². The summed E-state index contributed by atoms with van der Waals surface area (Å²) >= 11 is 1.57. The summed E-state index contributed by atoms with van der Waals surface area (Å²) in [5.74, 6) is 0.922. The molecular weight excluding hydrogens is 360 g/mol. The maximum atomic E-state index is 13.2. The lowest BCUT2D eigenvalue weighted by Gasteiger charge is -2.27. The van der Waals surface area contributed by atoms with Gasteiger partial charge in [-0.25, -0.2) is 4.98 Å². The largest absolute Gasteiger partial charge is 0.332 e. The molecule has 0 bridgehead atoms. The first kappa shape index (κ1) is 18.0. The van der Waals surface area contributed by atoms with Crippen LogP contribution in [-0.4, -0.2) is 47.9 Å². The van der Waals surface area contributed by atoms with Crippen molar-refractivity contribution in [3.05, 3.63) is 36.4 Å².